The molecule has 9 amide bonds. The number of urea groups is 2. The number of rotatable bonds is 10. The van der Waals surface area contributed by atoms with Crippen LogP contribution in [-0.4, -0.2) is 145 Å². The summed E-state index contributed by atoms with van der Waals surface area (Å²) in [6.45, 7) is 7.24. The Morgan fingerprint density at radius 1 is 0.552 bits per heavy atom. The summed E-state index contributed by atoms with van der Waals surface area (Å²) in [5.41, 5.74) is 6.21. The molecule has 6 aliphatic heterocycles. The molecule has 5 fully saturated rings. The topological polar surface area (TPSA) is 290 Å². The van der Waals surface area contributed by atoms with Gasteiger partial charge in [0.05, 0.1) is 6.04 Å². The number of aliphatic hydroxyl groups excluding tert-OH is 1. The van der Waals surface area contributed by atoms with Gasteiger partial charge in [-0.15, -0.1) is 0 Å². The van der Waals surface area contributed by atoms with Gasteiger partial charge in [0, 0.05) is 107 Å². The summed E-state index contributed by atoms with van der Waals surface area (Å²) in [6.07, 6.45) is 8.00. The number of carbonyl (C=O) groups is 8. The third kappa shape index (κ3) is 20.8. The number of carbonyl (C=O) groups excluding carboxylic acids is 7. The quantitative estimate of drug-likeness (QED) is 0.0468. The largest absolute Gasteiger partial charge is 1.00 e. The standard InChI is InChI=1S/C26H27FN4O5.C15H15N3O6.2C11H14FN.C11H12FN.CH4O.2CH4.B.Na.H/c1-15-3-10-21(16-4-6-18(27)7-5-16)31(15)22(32)14-30-23(33)26(36-25(30)35)12-11-17-13-19(8-9-20(17)26)29-24(34)28-2;1-16-13(22)17-9-2-3-10-8(6-9)4-5-15(10)12(21)18(7-11(19)20)14(23)24-15;3*1-8-2-7-11(13-8)9-3-5-10(12)6-4-9;1-2;;;;;/h4-9,13,15,21H,3,10-12,14H2,1-2H3,(H2,28,29,34);2-3,6H,4-5,7H2,1H3,(H,19,20)(H2,16,17,22);2*3-6,8,11,13H,2,7H2,1H3;3-6,8H,2,7H2,1H3;2H,1H3;2*1H4;;;/q;;;;;;;;;+1;-1/t15-,21?,26-;15-;2*8-,11?;8-;;;;;;/m11111....../s1. The molecule has 0 saturated carbocycles. The van der Waals surface area contributed by atoms with Crippen LogP contribution in [0.5, 0.6) is 0 Å². The smallest absolute Gasteiger partial charge is 1.00 e. The van der Waals surface area contributed by atoms with E-state index in [1.54, 1.807) is 65.6 Å². The van der Waals surface area contributed by atoms with Crippen LogP contribution in [0.3, 0.4) is 0 Å². The molecule has 557 valence electrons. The molecule has 0 bridgehead atoms. The Kier molecular flexibility index (Phi) is 32.1. The molecule has 6 heterocycles. The van der Waals surface area contributed by atoms with Crippen LogP contribution in [0.4, 0.5) is 48.1 Å². The van der Waals surface area contributed by atoms with E-state index in [1.165, 1.54) is 86.6 Å². The Morgan fingerprint density at radius 2 is 0.952 bits per heavy atom. The SMILES string of the molecule is C.C.CNC(=O)Nc1ccc2c(c1)CC[C@@]21OC(=O)N(CC(=O)N2C(c3ccc(F)cc3)CC[C@H]2C)C1=O.CNC(=O)Nc1ccc2c(c1)CC[C@@]21OC(=O)N(CC(=O)O)C1=O.CO.C[C@@H]1CCC(c2ccc(F)cc2)=N1.C[C@@H]1CCC(c2ccc(F)cc2)N1.C[C@@H]1CCC(c2ccc(F)cc2)N1.[B].[H-].[Na+]. The second kappa shape index (κ2) is 38.9. The van der Waals surface area contributed by atoms with Gasteiger partial charge < -0.3 is 57.9 Å². The van der Waals surface area contributed by atoms with E-state index < -0.39 is 54.3 Å². The van der Waals surface area contributed by atoms with Crippen LogP contribution in [-0.2, 0) is 52.7 Å². The number of halogens is 4. The molecule has 2 spiro atoms. The van der Waals surface area contributed by atoms with Gasteiger partial charge in [0.15, 0.2) is 0 Å². The Morgan fingerprint density at radius 3 is 1.32 bits per heavy atom. The van der Waals surface area contributed by atoms with Gasteiger partial charge in [-0.3, -0.25) is 24.2 Å². The van der Waals surface area contributed by atoms with Crippen molar-refractivity contribution in [3.63, 3.8) is 0 Å². The number of aryl methyl sites for hydroxylation is 2. The molecule has 8 aliphatic rings. The van der Waals surface area contributed by atoms with Crippen molar-refractivity contribution in [2.75, 3.05) is 44.9 Å². The van der Waals surface area contributed by atoms with Crippen molar-refractivity contribution in [1.82, 2.24) is 36.0 Å². The van der Waals surface area contributed by atoms with Crippen molar-refractivity contribution in [1.29, 1.82) is 0 Å². The molecular weight excluding hydrogens is 1370 g/mol. The van der Waals surface area contributed by atoms with E-state index in [0.717, 1.165) is 72.1 Å². The van der Waals surface area contributed by atoms with E-state index in [9.17, 15) is 55.9 Å². The first-order valence-electron chi connectivity index (χ1n) is 33.8. The van der Waals surface area contributed by atoms with Gasteiger partial charge in [-0.25, -0.2) is 46.5 Å². The summed E-state index contributed by atoms with van der Waals surface area (Å²) in [5, 5.41) is 33.0. The summed E-state index contributed by atoms with van der Waals surface area (Å²) in [7, 11) is 4.00. The van der Waals surface area contributed by atoms with Crippen molar-refractivity contribution in [2.24, 2.45) is 4.99 Å². The number of carboxylic acids is 1. The molecule has 0 aromatic heterocycles. The van der Waals surface area contributed by atoms with Crippen molar-refractivity contribution in [3.8, 4) is 0 Å². The number of hydrogen-bond acceptors (Lipinski definition) is 14. The van der Waals surface area contributed by atoms with Crippen LogP contribution in [0.2, 0.25) is 0 Å². The van der Waals surface area contributed by atoms with Crippen LogP contribution in [0.1, 0.15) is 171 Å². The van der Waals surface area contributed by atoms with Crippen LogP contribution in [0, 0.1) is 23.3 Å². The molecule has 6 aromatic carbocycles. The average molecular weight is 1460 g/mol. The number of aliphatic hydroxyl groups is 1. The third-order valence-electron chi connectivity index (χ3n) is 19.1. The number of nitrogens with zero attached hydrogens (tertiary/aromatic N) is 4. The molecule has 5 saturated heterocycles. The maximum Gasteiger partial charge on any atom is 1.00 e. The van der Waals surface area contributed by atoms with Gasteiger partial charge in [-0.2, -0.15) is 0 Å². The fourth-order valence-electron chi connectivity index (χ4n) is 14.0. The Labute approximate surface area is 636 Å². The maximum atomic E-state index is 13.5. The molecule has 3 radical (unpaired) electrons. The summed E-state index contributed by atoms with van der Waals surface area (Å²) in [4.78, 5) is 106. The molecule has 28 heteroatoms. The van der Waals surface area contributed by atoms with Gasteiger partial charge in [-0.1, -0.05) is 75.5 Å². The number of carboxylic acid groups (broad SMARTS) is 1. The average Bonchev–Trinajstić information content (AvgIpc) is 1.58. The number of anilines is 2. The summed E-state index contributed by atoms with van der Waals surface area (Å²) >= 11 is 0. The Bertz CT molecular complexity index is 3980. The first-order valence-corrected chi connectivity index (χ1v) is 33.8. The minimum absolute atomic E-state index is 0. The van der Waals surface area contributed by atoms with E-state index in [4.69, 9.17) is 19.7 Å². The number of aliphatic carboxylic acids is 1. The van der Waals surface area contributed by atoms with Crippen molar-refractivity contribution >= 4 is 73.4 Å². The van der Waals surface area contributed by atoms with Crippen molar-refractivity contribution in [3.05, 3.63) is 201 Å². The molecule has 6 aromatic rings. The van der Waals surface area contributed by atoms with Crippen molar-refractivity contribution < 1.29 is 107 Å². The van der Waals surface area contributed by atoms with Crippen LogP contribution >= 0.6 is 0 Å². The number of benzene rings is 6. The predicted octanol–water partition coefficient (Wildman–Crippen LogP) is 9.78. The van der Waals surface area contributed by atoms with Gasteiger partial charge in [0.1, 0.15) is 36.4 Å². The Balaban J connectivity index is 0.000000294. The zero-order chi connectivity index (χ0) is 72.9. The number of nitrogens with one attached hydrogen (secondary N) is 6. The zero-order valence-corrected chi connectivity index (χ0v) is 61.0. The van der Waals surface area contributed by atoms with Crippen molar-refractivity contribution in [2.45, 2.75) is 173 Å². The number of likely N-dealkylation sites (tertiary alicyclic amines) is 1. The predicted molar refractivity (Wildman–Crippen MR) is 390 cm³/mol. The van der Waals surface area contributed by atoms with Gasteiger partial charge in [0.2, 0.25) is 17.1 Å². The summed E-state index contributed by atoms with van der Waals surface area (Å²) in [5.74, 6) is -3.73. The van der Waals surface area contributed by atoms with Gasteiger partial charge in [-0.05, 0) is 198 Å². The first kappa shape index (κ1) is 86.7. The molecule has 2 aliphatic carbocycles. The number of imide groups is 2. The molecular formula is C77H95BF4N10NaO12. The first-order chi connectivity index (χ1) is 48.4. The molecule has 9 atom stereocenters. The number of ether oxygens (including phenoxy) is 2. The summed E-state index contributed by atoms with van der Waals surface area (Å²) in [6, 6.07) is 37.6. The van der Waals surface area contributed by atoms with E-state index in [-0.39, 0.29) is 120 Å². The number of aliphatic imine (C=N–C) groups is 1. The number of fused-ring (bicyclic) bond motifs is 4. The Hall–Kier alpha value is -8.99. The monoisotopic (exact) mass is 1460 g/mol. The minimum Gasteiger partial charge on any atom is -1.00 e. The second-order valence-electron chi connectivity index (χ2n) is 26.0. The molecule has 3 unspecified atom stereocenters. The molecule has 105 heavy (non-hydrogen) atoms. The van der Waals surface area contributed by atoms with Crippen LogP contribution < -0.4 is 61.5 Å². The fraction of sp³-hybridized carbons (Fsp3) is 0.416. The maximum absolute atomic E-state index is 13.5. The fourth-order valence-corrected chi connectivity index (χ4v) is 14.0. The van der Waals surface area contributed by atoms with E-state index in [1.807, 2.05) is 31.2 Å². The number of amides is 9. The minimum atomic E-state index is -1.47. The van der Waals surface area contributed by atoms with Crippen LogP contribution in [0.25, 0.3) is 0 Å². The van der Waals surface area contributed by atoms with E-state index in [0.29, 0.717) is 76.9 Å². The molecule has 8 N–H and O–H groups in total. The van der Waals surface area contributed by atoms with Crippen LogP contribution in [0.15, 0.2) is 138 Å². The van der Waals surface area contributed by atoms with Gasteiger partial charge >= 0.3 is 59.8 Å². The third-order valence-corrected chi connectivity index (χ3v) is 19.1. The second-order valence-corrected chi connectivity index (χ2v) is 26.0. The molecule has 14 rings (SSSR count). The summed E-state index contributed by atoms with van der Waals surface area (Å²) < 4.78 is 62.2. The van der Waals surface area contributed by atoms with Gasteiger partial charge in [0.25, 0.3) is 11.8 Å². The van der Waals surface area contributed by atoms with E-state index >= 15 is 0 Å². The normalized spacial score (nSPS) is 23.1. The zero-order valence-electron chi connectivity index (χ0n) is 60.0. The van der Waals surface area contributed by atoms with E-state index in [2.05, 4.69) is 57.7 Å². The number of hydrogen-bond donors (Lipinski definition) is 8. The molecule has 22 nitrogen and oxygen atoms in total.